The van der Waals surface area contributed by atoms with Crippen molar-refractivity contribution in [2.75, 3.05) is 38.6 Å². The molecule has 1 saturated heterocycles. The third kappa shape index (κ3) is 4.68. The number of nitriles is 1. The molecule has 2 aliphatic rings. The molecule has 220 valence electrons. The van der Waals surface area contributed by atoms with Crippen molar-refractivity contribution in [1.29, 1.82) is 5.26 Å². The number of piperazine rings is 1. The number of fused-ring (bicyclic) bond motifs is 3. The minimum Gasteiger partial charge on any atom is -0.350 e. The number of hydrogen-bond donors (Lipinski definition) is 1. The SMILES string of the molecule is C[C@@H]1CN(C(=O)N(C)C)CCN1c1ncnc2c1c1ccc(S(=O)(=O)NC3(C#N)CC3)cc1n2-c1nnc(C(F)F)s1. The fraction of sp³-hybridized carbons (Fsp3) is 0.440. The number of carbonyl (C=O) groups excluding carboxylic acids is 1. The molecule has 1 aliphatic carbocycles. The van der Waals surface area contributed by atoms with Crippen LogP contribution in [0.15, 0.2) is 29.4 Å². The van der Waals surface area contributed by atoms with Crippen molar-refractivity contribution in [1.82, 2.24) is 39.3 Å². The highest BCUT2D eigenvalue weighted by atomic mass is 32.2. The molecule has 0 unspecified atom stereocenters. The quantitative estimate of drug-likeness (QED) is 0.345. The molecule has 1 aliphatic heterocycles. The van der Waals surface area contributed by atoms with Gasteiger partial charge in [-0.15, -0.1) is 10.2 Å². The second-order valence-corrected chi connectivity index (χ2v) is 13.3. The van der Waals surface area contributed by atoms with Gasteiger partial charge in [0.25, 0.3) is 6.43 Å². The maximum absolute atomic E-state index is 13.5. The van der Waals surface area contributed by atoms with Crippen LogP contribution in [0.5, 0.6) is 0 Å². The number of halogens is 2. The van der Waals surface area contributed by atoms with Crippen LogP contribution >= 0.6 is 11.3 Å². The van der Waals surface area contributed by atoms with Gasteiger partial charge in [-0.25, -0.2) is 32.0 Å². The summed E-state index contributed by atoms with van der Waals surface area (Å²) in [7, 11) is -0.694. The first-order chi connectivity index (χ1) is 19.9. The molecule has 13 nitrogen and oxygen atoms in total. The van der Waals surface area contributed by atoms with Gasteiger partial charge < -0.3 is 14.7 Å². The van der Waals surface area contributed by atoms with E-state index in [1.807, 2.05) is 17.9 Å². The van der Waals surface area contributed by atoms with Crippen LogP contribution in [-0.2, 0) is 10.0 Å². The molecule has 0 radical (unpaired) electrons. The Morgan fingerprint density at radius 2 is 2.00 bits per heavy atom. The lowest BCUT2D eigenvalue weighted by atomic mass is 10.1. The number of nitrogens with zero attached hydrogens (tertiary/aromatic N) is 9. The number of urea groups is 1. The lowest BCUT2D eigenvalue weighted by Gasteiger charge is -2.41. The summed E-state index contributed by atoms with van der Waals surface area (Å²) in [4.78, 5) is 26.9. The molecular weight excluding hydrogens is 590 g/mol. The van der Waals surface area contributed by atoms with Gasteiger partial charge in [0.15, 0.2) is 10.7 Å². The van der Waals surface area contributed by atoms with Crippen molar-refractivity contribution in [3.8, 4) is 11.2 Å². The van der Waals surface area contributed by atoms with E-state index in [0.29, 0.717) is 71.6 Å². The number of amides is 2. The zero-order chi connectivity index (χ0) is 30.0. The Kier molecular flexibility index (Phi) is 6.74. The highest BCUT2D eigenvalue weighted by molar-refractivity contribution is 7.89. The molecule has 4 aromatic rings. The predicted molar refractivity (Wildman–Crippen MR) is 150 cm³/mol. The molecule has 2 fully saturated rings. The molecule has 1 saturated carbocycles. The van der Waals surface area contributed by atoms with Gasteiger partial charge in [0.1, 0.15) is 17.7 Å². The summed E-state index contributed by atoms with van der Waals surface area (Å²) in [5.41, 5.74) is -0.441. The Balaban J connectivity index is 1.52. The zero-order valence-corrected chi connectivity index (χ0v) is 24.5. The Labute approximate surface area is 243 Å². The van der Waals surface area contributed by atoms with Crippen LogP contribution in [0.1, 0.15) is 31.2 Å². The number of anilines is 1. The number of nitrogens with one attached hydrogen (secondary N) is 1. The predicted octanol–water partition coefficient (Wildman–Crippen LogP) is 2.89. The maximum Gasteiger partial charge on any atom is 0.319 e. The van der Waals surface area contributed by atoms with Crippen molar-refractivity contribution >= 4 is 55.1 Å². The van der Waals surface area contributed by atoms with Gasteiger partial charge in [0.05, 0.1) is 21.9 Å². The average molecular weight is 617 g/mol. The number of alkyl halides is 2. The van der Waals surface area contributed by atoms with E-state index in [-0.39, 0.29) is 22.1 Å². The van der Waals surface area contributed by atoms with Crippen LogP contribution < -0.4 is 9.62 Å². The smallest absolute Gasteiger partial charge is 0.319 e. The van der Waals surface area contributed by atoms with E-state index >= 15 is 0 Å². The van der Waals surface area contributed by atoms with Crippen molar-refractivity contribution in [3.05, 3.63) is 29.5 Å². The molecule has 0 bridgehead atoms. The van der Waals surface area contributed by atoms with Crippen molar-refractivity contribution in [3.63, 3.8) is 0 Å². The van der Waals surface area contributed by atoms with Gasteiger partial charge >= 0.3 is 6.03 Å². The summed E-state index contributed by atoms with van der Waals surface area (Å²) in [5, 5.41) is 17.8. The number of rotatable bonds is 6. The summed E-state index contributed by atoms with van der Waals surface area (Å²) in [6.07, 6.45) is -0.652. The van der Waals surface area contributed by atoms with Gasteiger partial charge in [-0.2, -0.15) is 9.98 Å². The normalized spacial score (nSPS) is 18.5. The van der Waals surface area contributed by atoms with E-state index in [9.17, 15) is 27.3 Å². The van der Waals surface area contributed by atoms with Gasteiger partial charge in [0.2, 0.25) is 15.2 Å². The van der Waals surface area contributed by atoms with Crippen LogP contribution in [0.4, 0.5) is 19.4 Å². The second-order valence-electron chi connectivity index (χ2n) is 10.6. The highest BCUT2D eigenvalue weighted by Gasteiger charge is 2.47. The van der Waals surface area contributed by atoms with E-state index < -0.39 is 27.0 Å². The largest absolute Gasteiger partial charge is 0.350 e. The standard InChI is InChI=1S/C25H26F2N10O3S2/c1-14-11-35(24(38)34(2)3)8-9-36(14)20-18-16-5-4-15(42(39,40)33-25(12-28)6-7-25)10-17(16)37(21(18)30-13-29-20)23-32-31-22(41-23)19(26)27/h4-5,10,13-14,19,33H,6-9,11H2,1-3H3/t14-/m1/s1. The van der Waals surface area contributed by atoms with Crippen molar-refractivity contribution < 1.29 is 22.0 Å². The number of hydrogen-bond acceptors (Lipinski definition) is 10. The van der Waals surface area contributed by atoms with E-state index in [0.717, 1.165) is 0 Å². The van der Waals surface area contributed by atoms with Crippen molar-refractivity contribution in [2.45, 2.75) is 42.7 Å². The Morgan fingerprint density at radius 1 is 1.24 bits per heavy atom. The minimum atomic E-state index is -4.09. The minimum absolute atomic E-state index is 0.0857. The van der Waals surface area contributed by atoms with Gasteiger partial charge in [-0.05, 0) is 31.9 Å². The molecule has 6 rings (SSSR count). The molecule has 1 aromatic carbocycles. The van der Waals surface area contributed by atoms with Crippen LogP contribution in [0.2, 0.25) is 0 Å². The Morgan fingerprint density at radius 3 is 2.62 bits per heavy atom. The molecule has 3 aromatic heterocycles. The summed E-state index contributed by atoms with van der Waals surface area (Å²) < 4.78 is 57.5. The Hall–Kier alpha value is -4.01. The zero-order valence-electron chi connectivity index (χ0n) is 22.8. The van der Waals surface area contributed by atoms with Crippen LogP contribution in [-0.4, -0.2) is 94.3 Å². The molecule has 17 heteroatoms. The number of benzene rings is 1. The lowest BCUT2D eigenvalue weighted by Crippen LogP contribution is -2.56. The first-order valence-electron chi connectivity index (χ1n) is 13.0. The van der Waals surface area contributed by atoms with Crippen LogP contribution in [0.25, 0.3) is 27.1 Å². The van der Waals surface area contributed by atoms with Crippen LogP contribution in [0, 0.1) is 11.3 Å². The number of sulfonamides is 1. The molecule has 1 N–H and O–H groups in total. The molecular formula is C25H26F2N10O3S2. The maximum atomic E-state index is 13.5. The Bertz CT molecular complexity index is 1860. The average Bonchev–Trinajstić information content (AvgIpc) is 3.39. The number of aromatic nitrogens is 5. The van der Waals surface area contributed by atoms with Gasteiger partial charge in [-0.3, -0.25) is 4.57 Å². The number of carbonyl (C=O) groups is 1. The molecule has 1 atom stereocenters. The fourth-order valence-electron chi connectivity index (χ4n) is 5.19. The van der Waals surface area contributed by atoms with Crippen molar-refractivity contribution in [2.24, 2.45) is 0 Å². The van der Waals surface area contributed by atoms with Gasteiger partial charge in [0, 0.05) is 45.2 Å². The highest BCUT2D eigenvalue weighted by Crippen LogP contribution is 2.40. The lowest BCUT2D eigenvalue weighted by molar-refractivity contribution is 0.150. The third-order valence-corrected chi connectivity index (χ3v) is 9.91. The molecule has 2 amide bonds. The topological polar surface area (TPSA) is 153 Å². The van der Waals surface area contributed by atoms with E-state index in [1.165, 1.54) is 27.9 Å². The molecule has 42 heavy (non-hydrogen) atoms. The first kappa shape index (κ1) is 28.1. The summed E-state index contributed by atoms with van der Waals surface area (Å²) in [6.45, 7) is 3.35. The van der Waals surface area contributed by atoms with E-state index in [4.69, 9.17) is 0 Å². The monoisotopic (exact) mass is 616 g/mol. The molecule has 0 spiro atoms. The third-order valence-electron chi connectivity index (χ3n) is 7.46. The summed E-state index contributed by atoms with van der Waals surface area (Å²) >= 11 is 0.673. The van der Waals surface area contributed by atoms with Gasteiger partial charge in [-0.1, -0.05) is 17.4 Å². The molecule has 4 heterocycles. The van der Waals surface area contributed by atoms with E-state index in [2.05, 4.69) is 24.9 Å². The summed E-state index contributed by atoms with van der Waals surface area (Å²) in [6, 6.07) is 6.26. The van der Waals surface area contributed by atoms with Crippen LogP contribution in [0.3, 0.4) is 0 Å². The second kappa shape index (κ2) is 10.1. The fourth-order valence-corrected chi connectivity index (χ4v) is 7.30. The first-order valence-corrected chi connectivity index (χ1v) is 15.3. The van der Waals surface area contributed by atoms with E-state index in [1.54, 1.807) is 25.1 Å². The summed E-state index contributed by atoms with van der Waals surface area (Å²) in [5.74, 6) is 0.557.